The smallest absolute Gasteiger partial charge is 0.251 e. The van der Waals surface area contributed by atoms with Gasteiger partial charge in [-0.3, -0.25) is 4.79 Å². The molecular formula is C21H21ClN4O. The summed E-state index contributed by atoms with van der Waals surface area (Å²) in [5, 5.41) is 6.80. The van der Waals surface area contributed by atoms with Gasteiger partial charge in [-0.15, -0.1) is 0 Å². The summed E-state index contributed by atoms with van der Waals surface area (Å²) >= 11 is 6.21. The third kappa shape index (κ3) is 5.05. The van der Waals surface area contributed by atoms with Crippen molar-refractivity contribution in [2.45, 2.75) is 26.4 Å². The fourth-order valence-electron chi connectivity index (χ4n) is 2.72. The lowest BCUT2D eigenvalue weighted by Crippen LogP contribution is -2.27. The minimum atomic E-state index is -0.186. The number of nitrogens with zero attached hydrogens (tertiary/aromatic N) is 2. The first-order valence-corrected chi connectivity index (χ1v) is 9.08. The van der Waals surface area contributed by atoms with Crippen molar-refractivity contribution in [1.82, 2.24) is 15.3 Å². The summed E-state index contributed by atoms with van der Waals surface area (Å²) in [6.45, 7) is 4.36. The SMILES string of the molecule is Cc1ccnc(NCc2cccc(C(=O)N[C@@H](C)c3ccccc3Cl)c2)n1. The quantitative estimate of drug-likeness (QED) is 0.658. The minimum absolute atomic E-state index is 0.143. The molecule has 2 N–H and O–H groups in total. The first-order valence-electron chi connectivity index (χ1n) is 8.70. The van der Waals surface area contributed by atoms with Crippen LogP contribution in [0.15, 0.2) is 60.8 Å². The summed E-state index contributed by atoms with van der Waals surface area (Å²) in [6, 6.07) is 16.6. The Kier molecular flexibility index (Phi) is 6.04. The first kappa shape index (κ1) is 18.9. The predicted octanol–water partition coefficient (Wildman–Crippen LogP) is 4.54. The number of anilines is 1. The van der Waals surface area contributed by atoms with E-state index < -0.39 is 0 Å². The van der Waals surface area contributed by atoms with Crippen LogP contribution in [-0.4, -0.2) is 15.9 Å². The molecule has 3 rings (SSSR count). The molecule has 5 nitrogen and oxygen atoms in total. The fourth-order valence-corrected chi connectivity index (χ4v) is 3.02. The topological polar surface area (TPSA) is 66.9 Å². The number of benzene rings is 2. The summed E-state index contributed by atoms with van der Waals surface area (Å²) in [7, 11) is 0. The third-order valence-electron chi connectivity index (χ3n) is 4.15. The zero-order chi connectivity index (χ0) is 19.2. The molecule has 0 aliphatic heterocycles. The summed E-state index contributed by atoms with van der Waals surface area (Å²) in [6.07, 6.45) is 1.71. The number of hydrogen-bond donors (Lipinski definition) is 2. The van der Waals surface area contributed by atoms with Crippen molar-refractivity contribution in [3.63, 3.8) is 0 Å². The second kappa shape index (κ2) is 8.64. The Hall–Kier alpha value is -2.92. The number of nitrogens with one attached hydrogen (secondary N) is 2. The Morgan fingerprint density at radius 2 is 1.96 bits per heavy atom. The number of aryl methyl sites for hydroxylation is 1. The number of carbonyl (C=O) groups is 1. The number of hydrogen-bond acceptors (Lipinski definition) is 4. The number of aromatic nitrogens is 2. The van der Waals surface area contributed by atoms with E-state index in [9.17, 15) is 4.79 Å². The van der Waals surface area contributed by atoms with Crippen molar-refractivity contribution < 1.29 is 4.79 Å². The van der Waals surface area contributed by atoms with Gasteiger partial charge in [-0.25, -0.2) is 9.97 Å². The van der Waals surface area contributed by atoms with Crippen LogP contribution < -0.4 is 10.6 Å². The Morgan fingerprint density at radius 1 is 1.15 bits per heavy atom. The Bertz CT molecular complexity index is 945. The molecule has 1 amide bonds. The number of carbonyl (C=O) groups excluding carboxylic acids is 1. The van der Waals surface area contributed by atoms with Gasteiger partial charge in [0.1, 0.15) is 0 Å². The fraction of sp³-hybridized carbons (Fsp3) is 0.190. The van der Waals surface area contributed by atoms with E-state index in [1.807, 2.05) is 62.4 Å². The molecule has 0 aliphatic carbocycles. The zero-order valence-corrected chi connectivity index (χ0v) is 16.0. The van der Waals surface area contributed by atoms with Crippen molar-refractivity contribution in [2.75, 3.05) is 5.32 Å². The van der Waals surface area contributed by atoms with Crippen LogP contribution in [0.3, 0.4) is 0 Å². The van der Waals surface area contributed by atoms with Gasteiger partial charge in [-0.1, -0.05) is 41.9 Å². The van der Waals surface area contributed by atoms with Crippen LogP contribution in [-0.2, 0) is 6.54 Å². The van der Waals surface area contributed by atoms with Crippen LogP contribution in [0.1, 0.15) is 40.1 Å². The highest BCUT2D eigenvalue weighted by molar-refractivity contribution is 6.31. The van der Waals surface area contributed by atoms with Crippen LogP contribution in [0.4, 0.5) is 5.95 Å². The van der Waals surface area contributed by atoms with Crippen molar-refractivity contribution in [2.24, 2.45) is 0 Å². The van der Waals surface area contributed by atoms with E-state index in [1.165, 1.54) is 0 Å². The number of amides is 1. The highest BCUT2D eigenvalue weighted by Gasteiger charge is 2.14. The zero-order valence-electron chi connectivity index (χ0n) is 15.2. The molecule has 6 heteroatoms. The van der Waals surface area contributed by atoms with Gasteiger partial charge >= 0.3 is 0 Å². The summed E-state index contributed by atoms with van der Waals surface area (Å²) in [4.78, 5) is 21.1. The molecule has 3 aromatic rings. The predicted molar refractivity (Wildman–Crippen MR) is 108 cm³/mol. The molecule has 1 heterocycles. The van der Waals surface area contributed by atoms with Crippen molar-refractivity contribution in [3.8, 4) is 0 Å². The van der Waals surface area contributed by atoms with E-state index in [4.69, 9.17) is 11.6 Å². The molecular weight excluding hydrogens is 360 g/mol. The van der Waals surface area contributed by atoms with Gasteiger partial charge in [-0.05, 0) is 49.2 Å². The maximum atomic E-state index is 12.6. The Balaban J connectivity index is 1.65. The van der Waals surface area contributed by atoms with Gasteiger partial charge in [0.2, 0.25) is 5.95 Å². The third-order valence-corrected chi connectivity index (χ3v) is 4.50. The summed E-state index contributed by atoms with van der Waals surface area (Å²) in [5.74, 6) is 0.424. The molecule has 0 unspecified atom stereocenters. The maximum absolute atomic E-state index is 12.6. The van der Waals surface area contributed by atoms with Crippen LogP contribution in [0.2, 0.25) is 5.02 Å². The van der Waals surface area contributed by atoms with Crippen LogP contribution >= 0.6 is 11.6 Å². The van der Waals surface area contributed by atoms with E-state index in [0.717, 1.165) is 16.8 Å². The molecule has 27 heavy (non-hydrogen) atoms. The van der Waals surface area contributed by atoms with Gasteiger partial charge in [0.05, 0.1) is 6.04 Å². The first-order chi connectivity index (χ1) is 13.0. The second-order valence-electron chi connectivity index (χ2n) is 6.29. The van der Waals surface area contributed by atoms with Gasteiger partial charge in [0, 0.05) is 29.0 Å². The van der Waals surface area contributed by atoms with Crippen LogP contribution in [0, 0.1) is 6.92 Å². The lowest BCUT2D eigenvalue weighted by molar-refractivity contribution is 0.0940. The molecule has 0 radical (unpaired) electrons. The van der Waals surface area contributed by atoms with Gasteiger partial charge in [0.25, 0.3) is 5.91 Å². The molecule has 0 saturated carbocycles. The minimum Gasteiger partial charge on any atom is -0.350 e. The molecule has 0 saturated heterocycles. The highest BCUT2D eigenvalue weighted by Crippen LogP contribution is 2.22. The second-order valence-corrected chi connectivity index (χ2v) is 6.70. The summed E-state index contributed by atoms with van der Waals surface area (Å²) < 4.78 is 0. The number of halogens is 1. The van der Waals surface area contributed by atoms with Gasteiger partial charge in [0.15, 0.2) is 0 Å². The summed E-state index contributed by atoms with van der Waals surface area (Å²) in [5.41, 5.74) is 3.35. The molecule has 0 bridgehead atoms. The Morgan fingerprint density at radius 3 is 2.74 bits per heavy atom. The molecule has 138 valence electrons. The largest absolute Gasteiger partial charge is 0.350 e. The average Bonchev–Trinajstić information content (AvgIpc) is 2.67. The van der Waals surface area contributed by atoms with E-state index in [2.05, 4.69) is 20.6 Å². The van der Waals surface area contributed by atoms with Gasteiger partial charge in [-0.2, -0.15) is 0 Å². The van der Waals surface area contributed by atoms with Crippen molar-refractivity contribution >= 4 is 23.5 Å². The standard InChI is InChI=1S/C21H21ClN4O/c1-14-10-11-23-21(25-14)24-13-16-6-5-7-17(12-16)20(27)26-15(2)18-8-3-4-9-19(18)22/h3-12,15H,13H2,1-2H3,(H,26,27)(H,23,24,25)/t15-/m0/s1. The molecule has 0 fully saturated rings. The van der Waals surface area contributed by atoms with Crippen LogP contribution in [0.25, 0.3) is 0 Å². The lowest BCUT2D eigenvalue weighted by atomic mass is 10.1. The highest BCUT2D eigenvalue weighted by atomic mass is 35.5. The van der Waals surface area contributed by atoms with E-state index in [0.29, 0.717) is 23.1 Å². The lowest BCUT2D eigenvalue weighted by Gasteiger charge is -2.16. The van der Waals surface area contributed by atoms with Crippen LogP contribution in [0.5, 0.6) is 0 Å². The molecule has 2 aromatic carbocycles. The molecule has 0 spiro atoms. The molecule has 1 aromatic heterocycles. The van der Waals surface area contributed by atoms with E-state index in [-0.39, 0.29) is 11.9 Å². The monoisotopic (exact) mass is 380 g/mol. The maximum Gasteiger partial charge on any atom is 0.251 e. The van der Waals surface area contributed by atoms with E-state index >= 15 is 0 Å². The normalized spacial score (nSPS) is 11.7. The molecule has 1 atom stereocenters. The van der Waals surface area contributed by atoms with Crippen molar-refractivity contribution in [1.29, 1.82) is 0 Å². The number of rotatable bonds is 6. The Labute approximate surface area is 163 Å². The average molecular weight is 381 g/mol. The molecule has 0 aliphatic rings. The van der Waals surface area contributed by atoms with Gasteiger partial charge < -0.3 is 10.6 Å². The van der Waals surface area contributed by atoms with Crippen molar-refractivity contribution in [3.05, 3.63) is 88.2 Å². The van der Waals surface area contributed by atoms with E-state index in [1.54, 1.807) is 12.3 Å².